The third-order valence-electron chi connectivity index (χ3n) is 6.39. The van der Waals surface area contributed by atoms with Crippen molar-refractivity contribution in [1.82, 2.24) is 10.2 Å². The number of aryl methyl sites for hydroxylation is 1. The summed E-state index contributed by atoms with van der Waals surface area (Å²) in [5.74, 6) is -0.00544. The SMILES string of the molecule is CCCCNC(=O)[C@H](C)N(Cc1ccccc1C)C(=O)CN(c1ccc2c(c1)OCCO2)S(=O)(=O)CC. The van der Waals surface area contributed by atoms with Gasteiger partial charge >= 0.3 is 0 Å². The summed E-state index contributed by atoms with van der Waals surface area (Å²) >= 11 is 0. The van der Waals surface area contributed by atoms with Gasteiger partial charge in [0, 0.05) is 19.2 Å². The van der Waals surface area contributed by atoms with E-state index in [2.05, 4.69) is 5.32 Å². The molecule has 1 atom stereocenters. The van der Waals surface area contributed by atoms with E-state index in [9.17, 15) is 18.0 Å². The monoisotopic (exact) mass is 531 g/mol. The summed E-state index contributed by atoms with van der Waals surface area (Å²) in [4.78, 5) is 28.1. The molecule has 37 heavy (non-hydrogen) atoms. The average molecular weight is 532 g/mol. The van der Waals surface area contributed by atoms with Gasteiger partial charge in [-0.2, -0.15) is 0 Å². The van der Waals surface area contributed by atoms with Crippen LogP contribution in [-0.2, 0) is 26.2 Å². The number of amides is 2. The van der Waals surface area contributed by atoms with Gasteiger partial charge in [-0.1, -0.05) is 37.6 Å². The second-order valence-electron chi connectivity index (χ2n) is 9.00. The molecule has 0 unspecified atom stereocenters. The number of nitrogens with zero attached hydrogens (tertiary/aromatic N) is 2. The molecule has 2 amide bonds. The minimum Gasteiger partial charge on any atom is -0.486 e. The van der Waals surface area contributed by atoms with Crippen LogP contribution in [0.4, 0.5) is 5.69 Å². The van der Waals surface area contributed by atoms with E-state index in [1.54, 1.807) is 25.1 Å². The molecule has 0 saturated heterocycles. The number of carbonyl (C=O) groups is 2. The number of ether oxygens (including phenoxy) is 2. The van der Waals surface area contributed by atoms with Crippen LogP contribution in [0.2, 0.25) is 0 Å². The minimum absolute atomic E-state index is 0.176. The number of sulfonamides is 1. The first-order valence-electron chi connectivity index (χ1n) is 12.7. The molecular formula is C27H37N3O6S. The normalized spacial score (nSPS) is 13.5. The zero-order chi connectivity index (χ0) is 27.0. The van der Waals surface area contributed by atoms with Crippen molar-refractivity contribution in [3.05, 3.63) is 53.6 Å². The molecule has 202 valence electrons. The summed E-state index contributed by atoms with van der Waals surface area (Å²) in [6, 6.07) is 11.6. The maximum atomic E-state index is 13.8. The molecule has 9 nitrogen and oxygen atoms in total. The third kappa shape index (κ3) is 7.15. The van der Waals surface area contributed by atoms with E-state index in [1.807, 2.05) is 38.1 Å². The standard InChI is InChI=1S/C27H37N3O6S/c1-5-7-14-28-27(32)21(4)29(18-22-11-9-8-10-20(22)3)26(31)19-30(37(33,34)6-2)23-12-13-24-25(17-23)36-16-15-35-24/h8-13,17,21H,5-7,14-16,18-19H2,1-4H3,(H,28,32)/t21-/m0/s1. The number of rotatable bonds is 12. The van der Waals surface area contributed by atoms with Crippen LogP contribution >= 0.6 is 0 Å². The summed E-state index contributed by atoms with van der Waals surface area (Å²) in [5.41, 5.74) is 2.16. The Kier molecular flexibility index (Phi) is 9.79. The van der Waals surface area contributed by atoms with Gasteiger partial charge in [0.1, 0.15) is 25.8 Å². The Bertz CT molecular complexity index is 1200. The average Bonchev–Trinajstić information content (AvgIpc) is 2.90. The van der Waals surface area contributed by atoms with Crippen LogP contribution < -0.4 is 19.1 Å². The Morgan fingerprint density at radius 3 is 2.43 bits per heavy atom. The molecule has 1 aliphatic heterocycles. The number of benzene rings is 2. The quantitative estimate of drug-likeness (QED) is 0.422. The molecular weight excluding hydrogens is 494 g/mol. The van der Waals surface area contributed by atoms with Crippen molar-refractivity contribution in [2.45, 2.75) is 53.1 Å². The van der Waals surface area contributed by atoms with Crippen molar-refractivity contribution >= 4 is 27.5 Å². The largest absolute Gasteiger partial charge is 0.486 e. The number of nitrogens with one attached hydrogen (secondary N) is 1. The van der Waals surface area contributed by atoms with E-state index in [4.69, 9.17) is 9.47 Å². The lowest BCUT2D eigenvalue weighted by Crippen LogP contribution is -2.51. The van der Waals surface area contributed by atoms with Crippen LogP contribution in [0.3, 0.4) is 0 Å². The van der Waals surface area contributed by atoms with Gasteiger partial charge in [-0.3, -0.25) is 13.9 Å². The van der Waals surface area contributed by atoms with E-state index in [1.165, 1.54) is 11.8 Å². The number of hydrogen-bond acceptors (Lipinski definition) is 6. The lowest BCUT2D eigenvalue weighted by atomic mass is 10.1. The maximum absolute atomic E-state index is 13.8. The highest BCUT2D eigenvalue weighted by Gasteiger charge is 2.31. The Balaban J connectivity index is 1.93. The number of fused-ring (bicyclic) bond motifs is 1. The predicted octanol–water partition coefficient (Wildman–Crippen LogP) is 3.26. The van der Waals surface area contributed by atoms with E-state index in [-0.39, 0.29) is 18.2 Å². The van der Waals surface area contributed by atoms with Crippen molar-refractivity contribution in [3.63, 3.8) is 0 Å². The molecule has 10 heteroatoms. The molecule has 1 N–H and O–H groups in total. The van der Waals surface area contributed by atoms with Crippen LogP contribution in [0, 0.1) is 6.92 Å². The summed E-state index contributed by atoms with van der Waals surface area (Å²) in [7, 11) is -3.82. The first-order valence-corrected chi connectivity index (χ1v) is 14.3. The molecule has 0 radical (unpaired) electrons. The molecule has 2 aromatic carbocycles. The number of hydrogen-bond donors (Lipinski definition) is 1. The summed E-state index contributed by atoms with van der Waals surface area (Å²) < 4.78 is 38.5. The highest BCUT2D eigenvalue weighted by Crippen LogP contribution is 2.35. The molecule has 0 spiro atoms. The molecule has 0 fully saturated rings. The van der Waals surface area contributed by atoms with Gasteiger partial charge in [-0.25, -0.2) is 8.42 Å². The van der Waals surface area contributed by atoms with E-state index < -0.39 is 28.5 Å². The fourth-order valence-electron chi connectivity index (χ4n) is 4.00. The molecule has 3 rings (SSSR count). The minimum atomic E-state index is -3.82. The molecule has 0 aliphatic carbocycles. The molecule has 2 aromatic rings. The van der Waals surface area contributed by atoms with Crippen molar-refractivity contribution < 1.29 is 27.5 Å². The van der Waals surface area contributed by atoms with Gasteiger partial charge in [0.2, 0.25) is 21.8 Å². The van der Waals surface area contributed by atoms with Gasteiger partial charge in [-0.15, -0.1) is 0 Å². The van der Waals surface area contributed by atoms with Crippen LogP contribution in [-0.4, -0.2) is 63.2 Å². The second-order valence-corrected chi connectivity index (χ2v) is 11.2. The number of unbranched alkanes of at least 4 members (excludes halogenated alkanes) is 1. The van der Waals surface area contributed by atoms with Gasteiger partial charge in [0.25, 0.3) is 0 Å². The first kappa shape index (κ1) is 28.3. The first-order chi connectivity index (χ1) is 17.7. The highest BCUT2D eigenvalue weighted by atomic mass is 32.2. The zero-order valence-corrected chi connectivity index (χ0v) is 22.8. The fourth-order valence-corrected chi connectivity index (χ4v) is 5.05. The van der Waals surface area contributed by atoms with E-state index in [0.29, 0.717) is 36.9 Å². The molecule has 0 saturated carbocycles. The van der Waals surface area contributed by atoms with Crippen molar-refractivity contribution in [2.75, 3.05) is 36.4 Å². The van der Waals surface area contributed by atoms with Gasteiger partial charge in [0.15, 0.2) is 11.5 Å². The number of anilines is 1. The summed E-state index contributed by atoms with van der Waals surface area (Å²) in [6.45, 7) is 8.17. The smallest absolute Gasteiger partial charge is 0.244 e. The Morgan fingerprint density at radius 1 is 1.05 bits per heavy atom. The molecule has 1 heterocycles. The summed E-state index contributed by atoms with van der Waals surface area (Å²) in [6.07, 6.45) is 1.76. The van der Waals surface area contributed by atoms with Crippen molar-refractivity contribution in [1.29, 1.82) is 0 Å². The summed E-state index contributed by atoms with van der Waals surface area (Å²) in [5, 5.41) is 2.88. The molecule has 0 bridgehead atoms. The number of carbonyl (C=O) groups excluding carboxylic acids is 2. The van der Waals surface area contributed by atoms with Crippen LogP contribution in [0.5, 0.6) is 11.5 Å². The van der Waals surface area contributed by atoms with E-state index >= 15 is 0 Å². The predicted molar refractivity (Wildman–Crippen MR) is 143 cm³/mol. The van der Waals surface area contributed by atoms with Gasteiger partial charge in [0.05, 0.1) is 11.4 Å². The lowest BCUT2D eigenvalue weighted by molar-refractivity contribution is -0.139. The Labute approximate surface area is 219 Å². The van der Waals surface area contributed by atoms with Crippen LogP contribution in [0.25, 0.3) is 0 Å². The second kappa shape index (κ2) is 12.8. The fraction of sp³-hybridized carbons (Fsp3) is 0.481. The van der Waals surface area contributed by atoms with Crippen LogP contribution in [0.1, 0.15) is 44.7 Å². The third-order valence-corrected chi connectivity index (χ3v) is 8.13. The molecule has 1 aliphatic rings. The highest BCUT2D eigenvalue weighted by molar-refractivity contribution is 7.92. The Morgan fingerprint density at radius 2 is 1.76 bits per heavy atom. The van der Waals surface area contributed by atoms with Crippen molar-refractivity contribution in [3.8, 4) is 11.5 Å². The Hall–Kier alpha value is -3.27. The maximum Gasteiger partial charge on any atom is 0.244 e. The zero-order valence-electron chi connectivity index (χ0n) is 22.0. The topological polar surface area (TPSA) is 105 Å². The molecule has 0 aromatic heterocycles. The van der Waals surface area contributed by atoms with Crippen LogP contribution in [0.15, 0.2) is 42.5 Å². The van der Waals surface area contributed by atoms with Crippen molar-refractivity contribution in [2.24, 2.45) is 0 Å². The van der Waals surface area contributed by atoms with Gasteiger partial charge in [-0.05, 0) is 50.5 Å². The van der Waals surface area contributed by atoms with Gasteiger partial charge < -0.3 is 19.7 Å². The van der Waals surface area contributed by atoms with E-state index in [0.717, 1.165) is 28.3 Å². The lowest BCUT2D eigenvalue weighted by Gasteiger charge is -2.32.